The molecule has 0 saturated heterocycles. The van der Waals surface area contributed by atoms with Crippen LogP contribution in [-0.4, -0.2) is 60.1 Å². The van der Waals surface area contributed by atoms with Crippen molar-refractivity contribution in [3.63, 3.8) is 0 Å². The lowest BCUT2D eigenvalue weighted by Crippen LogP contribution is -2.38. The molecule has 2 heterocycles. The van der Waals surface area contributed by atoms with Gasteiger partial charge in [-0.3, -0.25) is 10.4 Å². The van der Waals surface area contributed by atoms with Crippen LogP contribution in [0.15, 0.2) is 76.2 Å². The van der Waals surface area contributed by atoms with E-state index in [2.05, 4.69) is 40.6 Å². The van der Waals surface area contributed by atoms with Crippen LogP contribution in [0, 0.1) is 23.7 Å². The average Bonchev–Trinajstić information content (AvgIpc) is 2.97. The minimum Gasteiger partial charge on any atom is -0.494 e. The number of halogens is 1. The number of carbonyl (C=O) groups excluding carboxylic acids is 1. The summed E-state index contributed by atoms with van der Waals surface area (Å²) in [5.41, 5.74) is 15.1. The van der Waals surface area contributed by atoms with Gasteiger partial charge in [0, 0.05) is 50.7 Å². The van der Waals surface area contributed by atoms with Gasteiger partial charge in [-0.2, -0.15) is 0 Å². The van der Waals surface area contributed by atoms with E-state index in [0.29, 0.717) is 30.1 Å². The number of nitrogens with two attached hydrogens (primary N) is 2. The molecule has 0 spiro atoms. The molecule has 1 aliphatic heterocycles. The number of hydrogen-bond acceptors (Lipinski definition) is 9. The van der Waals surface area contributed by atoms with Crippen molar-refractivity contribution in [2.45, 2.75) is 25.3 Å². The Morgan fingerprint density at radius 2 is 2.22 bits per heavy atom. The third-order valence-electron chi connectivity index (χ3n) is 6.61. The number of pyridine rings is 1. The Kier molecular flexibility index (Phi) is 12.2. The predicted molar refractivity (Wildman–Crippen MR) is 165 cm³/mol. The lowest BCUT2D eigenvalue weighted by molar-refractivity contribution is 0.0916. The third kappa shape index (κ3) is 8.33. The van der Waals surface area contributed by atoms with E-state index >= 15 is 0 Å². The Morgan fingerprint density at radius 1 is 1.46 bits per heavy atom. The molecule has 2 aliphatic rings. The fourth-order valence-electron chi connectivity index (χ4n) is 4.72. The molecule has 41 heavy (non-hydrogen) atoms. The van der Waals surface area contributed by atoms with Gasteiger partial charge in [-0.1, -0.05) is 12.0 Å². The third-order valence-corrected chi connectivity index (χ3v) is 7.40. The van der Waals surface area contributed by atoms with Crippen LogP contribution >= 0.6 is 21.0 Å². The number of amidine groups is 1. The van der Waals surface area contributed by atoms with Crippen LogP contribution in [0.2, 0.25) is 0 Å². The zero-order valence-corrected chi connectivity index (χ0v) is 24.8. The molecule has 11 nitrogen and oxygen atoms in total. The van der Waals surface area contributed by atoms with E-state index in [1.165, 1.54) is 6.08 Å². The summed E-state index contributed by atoms with van der Waals surface area (Å²) in [6, 6.07) is 4.03. The lowest BCUT2D eigenvalue weighted by Gasteiger charge is -2.43. The standard InChI is InChI=1S/C28H36ClN8O3P/c1-3-4-6-19(9-12-29)24(36-27(33-2)26(31)40-28(32)38)21(15-30)35-16-20-7-5-8-23-25(20)37(41)22(17-39-23)18-10-13-34-14-11-18/h1,4,6,9-11,13-14,20,22,31,35H,5,7-8,12,15-17,30,41H2,2H3,(H2,32,38)(H,33,36)/b6-4-,19-9+,24-21-,31-26?/t20-,22-/m0/s1. The molecule has 1 aromatic rings. The van der Waals surface area contributed by atoms with Gasteiger partial charge in [0.15, 0.2) is 5.84 Å². The number of amides is 1. The van der Waals surface area contributed by atoms with E-state index in [4.69, 9.17) is 44.4 Å². The Bertz CT molecular complexity index is 1300. The Morgan fingerprint density at radius 3 is 2.85 bits per heavy atom. The number of aromatic nitrogens is 1. The summed E-state index contributed by atoms with van der Waals surface area (Å²) in [5, 5.41) is 14.4. The number of likely N-dealkylation sites (N-methyl/N-ethyl adjacent to an activating group) is 1. The van der Waals surface area contributed by atoms with E-state index in [-0.39, 0.29) is 30.2 Å². The van der Waals surface area contributed by atoms with E-state index in [9.17, 15) is 4.79 Å². The van der Waals surface area contributed by atoms with Crippen molar-refractivity contribution in [3.8, 4) is 12.3 Å². The Hall–Kier alpha value is -3.84. The summed E-state index contributed by atoms with van der Waals surface area (Å²) in [6.07, 6.45) is 15.6. The molecule has 1 unspecified atom stereocenters. The maximum absolute atomic E-state index is 11.3. The monoisotopic (exact) mass is 598 g/mol. The summed E-state index contributed by atoms with van der Waals surface area (Å²) in [7, 11) is 4.41. The van der Waals surface area contributed by atoms with Crippen molar-refractivity contribution in [2.24, 2.45) is 22.4 Å². The molecule has 218 valence electrons. The van der Waals surface area contributed by atoms with Gasteiger partial charge >= 0.3 is 6.09 Å². The first-order valence-electron chi connectivity index (χ1n) is 13.0. The van der Waals surface area contributed by atoms with Crippen molar-refractivity contribution < 1.29 is 14.3 Å². The molecule has 0 bridgehead atoms. The molecular weight excluding hydrogens is 563 g/mol. The van der Waals surface area contributed by atoms with Gasteiger partial charge < -0.3 is 36.2 Å². The minimum absolute atomic E-state index is 0.0358. The lowest BCUT2D eigenvalue weighted by atomic mass is 9.88. The number of terminal acetylenes is 1. The van der Waals surface area contributed by atoms with Gasteiger partial charge in [-0.05, 0) is 57.7 Å². The molecule has 13 heteroatoms. The van der Waals surface area contributed by atoms with Crippen molar-refractivity contribution in [2.75, 3.05) is 32.6 Å². The van der Waals surface area contributed by atoms with E-state index in [1.54, 1.807) is 31.6 Å². The van der Waals surface area contributed by atoms with Gasteiger partial charge in [0.05, 0.1) is 23.1 Å². The molecule has 0 fully saturated rings. The number of ether oxygens (including phenoxy) is 2. The SMILES string of the molecule is C#C\C=C/C(=C\CCl)C(/N=C(\NC)C(=N)OC(N)=O)=C(\CN)NC[C@@H]1CCCC2=C1N(P)[C@H](c1ccncc1)CO2. The fraction of sp³-hybridized carbons (Fsp3) is 0.357. The van der Waals surface area contributed by atoms with Crippen LogP contribution < -0.4 is 22.1 Å². The molecule has 3 rings (SSSR count). The normalized spacial score (nSPS) is 20.0. The molecule has 1 amide bonds. The Balaban J connectivity index is 1.98. The first-order valence-corrected chi connectivity index (χ1v) is 14.1. The first-order chi connectivity index (χ1) is 19.8. The van der Waals surface area contributed by atoms with Crippen LogP contribution in [-0.2, 0) is 9.47 Å². The highest BCUT2D eigenvalue weighted by molar-refractivity contribution is 7.13. The number of nitrogens with one attached hydrogen (secondary N) is 3. The molecule has 7 N–H and O–H groups in total. The largest absolute Gasteiger partial charge is 0.494 e. The number of rotatable bonds is 9. The summed E-state index contributed by atoms with van der Waals surface area (Å²) in [4.78, 5) is 20.0. The zero-order valence-electron chi connectivity index (χ0n) is 22.9. The van der Waals surface area contributed by atoms with Crippen molar-refractivity contribution in [1.82, 2.24) is 20.3 Å². The summed E-state index contributed by atoms with van der Waals surface area (Å²) in [5.74, 6) is 3.15. The second-order valence-corrected chi connectivity index (χ2v) is 9.96. The number of alkyl halides is 1. The molecular formula is C28H36ClN8O3P. The van der Waals surface area contributed by atoms with E-state index in [0.717, 1.165) is 36.3 Å². The smallest absolute Gasteiger partial charge is 0.411 e. The summed E-state index contributed by atoms with van der Waals surface area (Å²) >= 11 is 6.06. The van der Waals surface area contributed by atoms with Gasteiger partial charge in [0.25, 0.3) is 5.90 Å². The molecule has 1 aliphatic carbocycles. The number of aliphatic imine (C=N–C) groups is 1. The summed E-state index contributed by atoms with van der Waals surface area (Å²) < 4.78 is 13.2. The molecule has 0 radical (unpaired) electrons. The number of hydrogen-bond donors (Lipinski definition) is 5. The number of nitrogens with zero attached hydrogens (tertiary/aromatic N) is 3. The van der Waals surface area contributed by atoms with Gasteiger partial charge in [0.2, 0.25) is 0 Å². The predicted octanol–water partition coefficient (Wildman–Crippen LogP) is 3.06. The second-order valence-electron chi connectivity index (χ2n) is 9.10. The number of allylic oxidation sites excluding steroid dienone is 4. The molecule has 0 aromatic carbocycles. The van der Waals surface area contributed by atoms with Crippen molar-refractivity contribution >= 4 is 38.8 Å². The van der Waals surface area contributed by atoms with Gasteiger partial charge in [-0.15, -0.1) is 18.0 Å². The van der Waals surface area contributed by atoms with E-state index < -0.39 is 12.0 Å². The molecule has 0 saturated carbocycles. The van der Waals surface area contributed by atoms with Gasteiger partial charge in [0.1, 0.15) is 12.4 Å². The zero-order chi connectivity index (χ0) is 29.8. The topological polar surface area (TPSA) is 164 Å². The van der Waals surface area contributed by atoms with Crippen LogP contribution in [0.25, 0.3) is 0 Å². The van der Waals surface area contributed by atoms with Gasteiger partial charge in [-0.25, -0.2) is 9.79 Å². The highest BCUT2D eigenvalue weighted by Crippen LogP contribution is 2.43. The minimum atomic E-state index is -1.13. The van der Waals surface area contributed by atoms with Crippen LogP contribution in [0.4, 0.5) is 4.79 Å². The van der Waals surface area contributed by atoms with E-state index in [1.807, 2.05) is 12.1 Å². The summed E-state index contributed by atoms with van der Waals surface area (Å²) in [6.45, 7) is 1.18. The number of primary amides is 1. The molecule has 3 atom stereocenters. The second kappa shape index (κ2) is 15.8. The van der Waals surface area contributed by atoms with Crippen LogP contribution in [0.5, 0.6) is 0 Å². The average molecular weight is 599 g/mol. The highest BCUT2D eigenvalue weighted by atomic mass is 35.5. The highest BCUT2D eigenvalue weighted by Gasteiger charge is 2.35. The van der Waals surface area contributed by atoms with Crippen LogP contribution in [0.3, 0.4) is 0 Å². The maximum atomic E-state index is 11.3. The first kappa shape index (κ1) is 31.7. The fourth-order valence-corrected chi connectivity index (χ4v) is 5.50. The van der Waals surface area contributed by atoms with Crippen molar-refractivity contribution in [3.05, 3.63) is 76.7 Å². The quantitative estimate of drug-likeness (QED) is 0.0723. The number of carbonyl (C=O) groups is 1. The van der Waals surface area contributed by atoms with Crippen LogP contribution in [0.1, 0.15) is 30.9 Å². The van der Waals surface area contributed by atoms with Crippen molar-refractivity contribution in [1.29, 1.82) is 5.41 Å². The molecule has 1 aromatic heterocycles. The maximum Gasteiger partial charge on any atom is 0.411 e. The Labute approximate surface area is 247 Å².